The van der Waals surface area contributed by atoms with Gasteiger partial charge in [0, 0.05) is 18.6 Å². The van der Waals surface area contributed by atoms with Crippen LogP contribution >= 0.6 is 0 Å². The molecule has 1 N–H and O–H groups in total. The van der Waals surface area contributed by atoms with E-state index in [9.17, 15) is 12.8 Å². The topological polar surface area (TPSA) is 73.2 Å². The predicted molar refractivity (Wildman–Crippen MR) is 74.4 cm³/mol. The smallest absolute Gasteiger partial charge is 0.240 e. The third-order valence-corrected chi connectivity index (χ3v) is 5.77. The van der Waals surface area contributed by atoms with E-state index in [1.807, 2.05) is 0 Å². The quantitative estimate of drug-likeness (QED) is 0.911. The van der Waals surface area contributed by atoms with Gasteiger partial charge in [-0.2, -0.15) is 5.26 Å². The Labute approximate surface area is 123 Å². The van der Waals surface area contributed by atoms with Gasteiger partial charge in [0.1, 0.15) is 11.9 Å². The first kappa shape index (κ1) is 14.4. The van der Waals surface area contributed by atoms with Crippen molar-refractivity contribution in [2.75, 3.05) is 13.1 Å². The van der Waals surface area contributed by atoms with Gasteiger partial charge >= 0.3 is 0 Å². The molecule has 112 valence electrons. The lowest BCUT2D eigenvalue weighted by Crippen LogP contribution is -2.42. The van der Waals surface area contributed by atoms with Crippen LogP contribution in [-0.2, 0) is 10.0 Å². The maximum absolute atomic E-state index is 13.3. The van der Waals surface area contributed by atoms with Crippen LogP contribution in [0.3, 0.4) is 0 Å². The summed E-state index contributed by atoms with van der Waals surface area (Å²) in [5.41, 5.74) is -0.258. The Bertz CT molecular complexity index is 699. The van der Waals surface area contributed by atoms with Crippen molar-refractivity contribution in [1.82, 2.24) is 9.62 Å². The summed E-state index contributed by atoms with van der Waals surface area (Å²) >= 11 is 0. The fourth-order valence-electron chi connectivity index (χ4n) is 3.24. The Morgan fingerprint density at radius 3 is 2.90 bits per heavy atom. The van der Waals surface area contributed by atoms with E-state index in [0.29, 0.717) is 0 Å². The summed E-state index contributed by atoms with van der Waals surface area (Å²) in [4.78, 5) is 2.25. The van der Waals surface area contributed by atoms with Crippen LogP contribution in [0.15, 0.2) is 23.1 Å². The molecule has 0 saturated carbocycles. The fourth-order valence-corrected chi connectivity index (χ4v) is 4.57. The monoisotopic (exact) mass is 309 g/mol. The summed E-state index contributed by atoms with van der Waals surface area (Å²) in [6, 6.07) is 5.11. The molecule has 0 amide bonds. The highest BCUT2D eigenvalue weighted by molar-refractivity contribution is 7.89. The molecule has 0 aliphatic carbocycles. The lowest BCUT2D eigenvalue weighted by Gasteiger charge is -2.21. The van der Waals surface area contributed by atoms with Gasteiger partial charge in [-0.1, -0.05) is 0 Å². The lowest BCUT2D eigenvalue weighted by atomic mass is 10.1. The van der Waals surface area contributed by atoms with Gasteiger partial charge in [0.05, 0.1) is 10.5 Å². The Morgan fingerprint density at radius 2 is 2.14 bits per heavy atom. The van der Waals surface area contributed by atoms with E-state index in [1.165, 1.54) is 6.07 Å². The van der Waals surface area contributed by atoms with E-state index in [0.717, 1.165) is 44.5 Å². The van der Waals surface area contributed by atoms with E-state index in [4.69, 9.17) is 5.26 Å². The number of nitrogens with one attached hydrogen (secondary N) is 1. The van der Waals surface area contributed by atoms with Crippen LogP contribution in [0.2, 0.25) is 0 Å². The van der Waals surface area contributed by atoms with Gasteiger partial charge in [-0.3, -0.25) is 4.90 Å². The molecule has 2 saturated heterocycles. The number of nitrogens with zero attached hydrogens (tertiary/aromatic N) is 2. The zero-order valence-corrected chi connectivity index (χ0v) is 12.2. The first-order valence-corrected chi connectivity index (χ1v) is 8.45. The highest BCUT2D eigenvalue weighted by Gasteiger charge is 2.39. The normalized spacial score (nSPS) is 25.7. The van der Waals surface area contributed by atoms with Crippen molar-refractivity contribution in [3.63, 3.8) is 0 Å². The summed E-state index contributed by atoms with van der Waals surface area (Å²) in [6.07, 6.45) is 2.88. The minimum atomic E-state index is -3.73. The molecule has 0 bridgehead atoms. The van der Waals surface area contributed by atoms with E-state index in [2.05, 4.69) is 9.62 Å². The third-order valence-electron chi connectivity index (χ3n) is 4.28. The second-order valence-corrected chi connectivity index (χ2v) is 7.23. The zero-order valence-electron chi connectivity index (χ0n) is 11.4. The van der Waals surface area contributed by atoms with Crippen LogP contribution in [0, 0.1) is 17.1 Å². The number of hydrogen-bond acceptors (Lipinski definition) is 4. The van der Waals surface area contributed by atoms with Crippen LogP contribution in [0.1, 0.15) is 24.8 Å². The molecule has 2 aliphatic rings. The minimum absolute atomic E-state index is 0.0584. The Balaban J connectivity index is 1.83. The van der Waals surface area contributed by atoms with Gasteiger partial charge in [0.2, 0.25) is 10.0 Å². The van der Waals surface area contributed by atoms with E-state index < -0.39 is 15.8 Å². The number of benzene rings is 1. The summed E-state index contributed by atoms with van der Waals surface area (Å²) in [5.74, 6) is -0.709. The van der Waals surface area contributed by atoms with E-state index >= 15 is 0 Å². The molecule has 2 unspecified atom stereocenters. The second-order valence-electron chi connectivity index (χ2n) is 5.52. The first-order chi connectivity index (χ1) is 10.0. The number of fused-ring (bicyclic) bond motifs is 1. The Kier molecular flexibility index (Phi) is 3.69. The number of halogens is 1. The Morgan fingerprint density at radius 1 is 1.33 bits per heavy atom. The summed E-state index contributed by atoms with van der Waals surface area (Å²) in [5, 5.41) is 8.80. The highest BCUT2D eigenvalue weighted by atomic mass is 32.2. The van der Waals surface area contributed by atoms with Crippen molar-refractivity contribution in [3.8, 4) is 6.07 Å². The maximum Gasteiger partial charge on any atom is 0.240 e. The second kappa shape index (κ2) is 5.37. The molecule has 2 atom stereocenters. The largest absolute Gasteiger partial charge is 0.299 e. The maximum atomic E-state index is 13.3. The van der Waals surface area contributed by atoms with Crippen LogP contribution in [0.4, 0.5) is 4.39 Å². The molecule has 7 heteroatoms. The molecule has 2 fully saturated rings. The molecule has 21 heavy (non-hydrogen) atoms. The SMILES string of the molecule is N#Cc1cc(S(=O)(=O)NC2CCN3CCCC23)ccc1F. The fraction of sp³-hybridized carbons (Fsp3) is 0.500. The van der Waals surface area contributed by atoms with Crippen molar-refractivity contribution in [3.05, 3.63) is 29.6 Å². The number of nitriles is 1. The minimum Gasteiger partial charge on any atom is -0.299 e. The Hall–Kier alpha value is -1.49. The zero-order chi connectivity index (χ0) is 15.0. The van der Waals surface area contributed by atoms with Crippen LogP contribution in [-0.4, -0.2) is 38.5 Å². The molecule has 3 rings (SSSR count). The average molecular weight is 309 g/mol. The van der Waals surface area contributed by atoms with Gasteiger partial charge in [0.15, 0.2) is 0 Å². The van der Waals surface area contributed by atoms with Crippen molar-refractivity contribution in [2.24, 2.45) is 0 Å². The first-order valence-electron chi connectivity index (χ1n) is 6.97. The average Bonchev–Trinajstić information content (AvgIpc) is 3.04. The molecule has 1 aromatic carbocycles. The van der Waals surface area contributed by atoms with Gasteiger partial charge in [0.25, 0.3) is 0 Å². The highest BCUT2D eigenvalue weighted by Crippen LogP contribution is 2.29. The molecule has 1 aromatic rings. The third kappa shape index (κ3) is 2.67. The van der Waals surface area contributed by atoms with Gasteiger partial charge in [-0.05, 0) is 44.0 Å². The van der Waals surface area contributed by atoms with E-state index in [-0.39, 0.29) is 22.5 Å². The summed E-state index contributed by atoms with van der Waals surface area (Å²) in [7, 11) is -3.73. The molecule has 0 radical (unpaired) electrons. The van der Waals surface area contributed by atoms with Crippen molar-refractivity contribution >= 4 is 10.0 Å². The van der Waals surface area contributed by atoms with Crippen molar-refractivity contribution in [2.45, 2.75) is 36.2 Å². The standard InChI is InChI=1S/C14H16FN3O2S/c15-12-4-3-11(8-10(12)9-16)21(19,20)17-13-5-7-18-6-1-2-14(13)18/h3-4,8,13-14,17H,1-2,5-7H2. The summed E-state index contributed by atoms with van der Waals surface area (Å²) < 4.78 is 40.8. The van der Waals surface area contributed by atoms with Crippen LogP contribution in [0.5, 0.6) is 0 Å². The molecule has 2 aliphatic heterocycles. The number of hydrogen-bond donors (Lipinski definition) is 1. The lowest BCUT2D eigenvalue weighted by molar-refractivity contribution is 0.309. The number of rotatable bonds is 3. The molecule has 0 aromatic heterocycles. The van der Waals surface area contributed by atoms with Gasteiger partial charge in [-0.15, -0.1) is 0 Å². The predicted octanol–water partition coefficient (Wildman–Crippen LogP) is 1.21. The van der Waals surface area contributed by atoms with Crippen LogP contribution in [0.25, 0.3) is 0 Å². The molecular weight excluding hydrogens is 293 g/mol. The van der Waals surface area contributed by atoms with Gasteiger partial charge < -0.3 is 0 Å². The molecule has 2 heterocycles. The van der Waals surface area contributed by atoms with Gasteiger partial charge in [-0.25, -0.2) is 17.5 Å². The van der Waals surface area contributed by atoms with Crippen molar-refractivity contribution < 1.29 is 12.8 Å². The summed E-state index contributed by atoms with van der Waals surface area (Å²) in [6.45, 7) is 1.93. The number of sulfonamides is 1. The molecule has 5 nitrogen and oxygen atoms in total. The van der Waals surface area contributed by atoms with Crippen LogP contribution < -0.4 is 4.72 Å². The van der Waals surface area contributed by atoms with Crippen molar-refractivity contribution in [1.29, 1.82) is 5.26 Å². The van der Waals surface area contributed by atoms with E-state index in [1.54, 1.807) is 6.07 Å². The molecular formula is C14H16FN3O2S. The molecule has 0 spiro atoms.